The van der Waals surface area contributed by atoms with Crippen LogP contribution in [0.3, 0.4) is 0 Å². The number of carbonyl (C=O) groups excluding carboxylic acids is 1. The molecule has 0 aliphatic carbocycles. The number of hydrogen-bond donors (Lipinski definition) is 2. The highest BCUT2D eigenvalue weighted by atomic mass is 35.5. The first-order valence-electron chi connectivity index (χ1n) is 6.37. The van der Waals surface area contributed by atoms with Crippen LogP contribution in [-0.2, 0) is 11.2 Å². The Hall–Kier alpha value is -1.06. The zero-order valence-corrected chi connectivity index (χ0v) is 11.6. The van der Waals surface area contributed by atoms with E-state index in [2.05, 4.69) is 23.6 Å². The first kappa shape index (κ1) is 15.0. The van der Waals surface area contributed by atoms with Crippen molar-refractivity contribution in [3.8, 4) is 0 Å². The topological polar surface area (TPSA) is 41.1 Å². The summed E-state index contributed by atoms with van der Waals surface area (Å²) in [7, 11) is 0. The molecule has 1 heterocycles. The number of halogens is 1. The van der Waals surface area contributed by atoms with Crippen molar-refractivity contribution in [2.24, 2.45) is 5.92 Å². The average molecular weight is 269 g/mol. The molecular formula is C14H21ClN2O. The minimum absolute atomic E-state index is 0. The second-order valence-electron chi connectivity index (χ2n) is 4.67. The van der Waals surface area contributed by atoms with Crippen LogP contribution in [0.2, 0.25) is 0 Å². The van der Waals surface area contributed by atoms with Gasteiger partial charge >= 0.3 is 0 Å². The van der Waals surface area contributed by atoms with Crippen LogP contribution in [0.5, 0.6) is 0 Å². The molecule has 0 aromatic heterocycles. The maximum Gasteiger partial charge on any atom is 0.224 e. The number of amides is 1. The van der Waals surface area contributed by atoms with Gasteiger partial charge in [0.15, 0.2) is 0 Å². The summed E-state index contributed by atoms with van der Waals surface area (Å²) in [5, 5.41) is 6.26. The van der Waals surface area contributed by atoms with Gasteiger partial charge in [-0.05, 0) is 49.5 Å². The van der Waals surface area contributed by atoms with Crippen LogP contribution in [0.4, 0.5) is 5.69 Å². The fourth-order valence-electron chi connectivity index (χ4n) is 2.23. The summed E-state index contributed by atoms with van der Waals surface area (Å²) in [6.07, 6.45) is 2.74. The van der Waals surface area contributed by atoms with Gasteiger partial charge in [-0.15, -0.1) is 12.4 Å². The molecule has 1 unspecified atom stereocenters. The summed E-state index contributed by atoms with van der Waals surface area (Å²) in [6, 6.07) is 8.07. The van der Waals surface area contributed by atoms with E-state index in [0.717, 1.165) is 31.6 Å². The minimum atomic E-state index is 0. The van der Waals surface area contributed by atoms with Crippen LogP contribution >= 0.6 is 12.4 Å². The van der Waals surface area contributed by atoms with Crippen molar-refractivity contribution < 1.29 is 4.79 Å². The largest absolute Gasteiger partial charge is 0.326 e. The smallest absolute Gasteiger partial charge is 0.224 e. The Balaban J connectivity index is 0.00000162. The molecule has 18 heavy (non-hydrogen) atoms. The highest BCUT2D eigenvalue weighted by Crippen LogP contribution is 2.15. The SMILES string of the molecule is CCc1cccc(NC(=O)CC2CCNC2)c1.Cl. The summed E-state index contributed by atoms with van der Waals surface area (Å²) in [6.45, 7) is 4.14. The molecule has 1 aromatic rings. The van der Waals surface area contributed by atoms with Crippen LogP contribution in [0.25, 0.3) is 0 Å². The van der Waals surface area contributed by atoms with Crippen LogP contribution in [0.1, 0.15) is 25.3 Å². The molecule has 1 aromatic carbocycles. The molecular weight excluding hydrogens is 248 g/mol. The van der Waals surface area contributed by atoms with E-state index in [1.165, 1.54) is 5.56 Å². The van der Waals surface area contributed by atoms with Gasteiger partial charge in [0, 0.05) is 12.1 Å². The first-order valence-corrected chi connectivity index (χ1v) is 6.37. The summed E-state index contributed by atoms with van der Waals surface area (Å²) < 4.78 is 0. The first-order chi connectivity index (χ1) is 8.28. The lowest BCUT2D eigenvalue weighted by molar-refractivity contribution is -0.116. The molecule has 3 nitrogen and oxygen atoms in total. The molecule has 1 saturated heterocycles. The Labute approximate surface area is 115 Å². The van der Waals surface area contributed by atoms with Crippen molar-refractivity contribution in [1.29, 1.82) is 0 Å². The van der Waals surface area contributed by atoms with Gasteiger partial charge in [0.25, 0.3) is 0 Å². The molecule has 1 atom stereocenters. The van der Waals surface area contributed by atoms with Crippen molar-refractivity contribution >= 4 is 24.0 Å². The Bertz CT molecular complexity index is 389. The number of aryl methyl sites for hydroxylation is 1. The molecule has 1 aliphatic rings. The lowest BCUT2D eigenvalue weighted by atomic mass is 10.0. The zero-order chi connectivity index (χ0) is 12.1. The van der Waals surface area contributed by atoms with Gasteiger partial charge in [0.2, 0.25) is 5.91 Å². The third kappa shape index (κ3) is 4.31. The van der Waals surface area contributed by atoms with Crippen LogP contribution < -0.4 is 10.6 Å². The van der Waals surface area contributed by atoms with Crippen LogP contribution in [-0.4, -0.2) is 19.0 Å². The predicted molar refractivity (Wildman–Crippen MR) is 77.3 cm³/mol. The molecule has 1 fully saturated rings. The molecule has 1 aliphatic heterocycles. The monoisotopic (exact) mass is 268 g/mol. The molecule has 100 valence electrons. The molecule has 1 amide bonds. The highest BCUT2D eigenvalue weighted by Gasteiger charge is 2.17. The van der Waals surface area contributed by atoms with Gasteiger partial charge in [0.1, 0.15) is 0 Å². The Morgan fingerprint density at radius 2 is 2.33 bits per heavy atom. The number of hydrogen-bond acceptors (Lipinski definition) is 2. The van der Waals surface area contributed by atoms with Gasteiger partial charge < -0.3 is 10.6 Å². The van der Waals surface area contributed by atoms with E-state index in [-0.39, 0.29) is 18.3 Å². The van der Waals surface area contributed by atoms with E-state index in [0.29, 0.717) is 12.3 Å². The quantitative estimate of drug-likeness (QED) is 0.881. The standard InChI is InChI=1S/C14H20N2O.ClH/c1-2-11-4-3-5-13(8-11)16-14(17)9-12-6-7-15-10-12;/h3-5,8,12,15H,2,6-7,9-10H2,1H3,(H,16,17);1H. The zero-order valence-electron chi connectivity index (χ0n) is 10.7. The maximum absolute atomic E-state index is 11.8. The van der Waals surface area contributed by atoms with Crippen molar-refractivity contribution in [1.82, 2.24) is 5.32 Å². The van der Waals surface area contributed by atoms with E-state index >= 15 is 0 Å². The van der Waals surface area contributed by atoms with Crippen molar-refractivity contribution in [3.63, 3.8) is 0 Å². The number of carbonyl (C=O) groups is 1. The van der Waals surface area contributed by atoms with Gasteiger partial charge in [0.05, 0.1) is 0 Å². The van der Waals surface area contributed by atoms with Gasteiger partial charge in [-0.25, -0.2) is 0 Å². The fourth-order valence-corrected chi connectivity index (χ4v) is 2.23. The molecule has 2 N–H and O–H groups in total. The molecule has 4 heteroatoms. The number of benzene rings is 1. The minimum Gasteiger partial charge on any atom is -0.326 e. The van der Waals surface area contributed by atoms with Crippen molar-refractivity contribution in [2.75, 3.05) is 18.4 Å². The van der Waals surface area contributed by atoms with Gasteiger partial charge in [-0.3, -0.25) is 4.79 Å². The maximum atomic E-state index is 11.8. The molecule has 0 radical (unpaired) electrons. The van der Waals surface area contributed by atoms with E-state index in [4.69, 9.17) is 0 Å². The van der Waals surface area contributed by atoms with E-state index in [9.17, 15) is 4.79 Å². The van der Waals surface area contributed by atoms with Crippen molar-refractivity contribution in [3.05, 3.63) is 29.8 Å². The average Bonchev–Trinajstić information content (AvgIpc) is 2.82. The molecule has 2 rings (SSSR count). The lowest BCUT2D eigenvalue weighted by Crippen LogP contribution is -2.18. The fraction of sp³-hybridized carbons (Fsp3) is 0.500. The van der Waals surface area contributed by atoms with Gasteiger partial charge in [-0.2, -0.15) is 0 Å². The van der Waals surface area contributed by atoms with Crippen molar-refractivity contribution in [2.45, 2.75) is 26.2 Å². The van der Waals surface area contributed by atoms with E-state index in [1.54, 1.807) is 0 Å². The van der Waals surface area contributed by atoms with E-state index < -0.39 is 0 Å². The summed E-state index contributed by atoms with van der Waals surface area (Å²) in [5.41, 5.74) is 2.17. The number of rotatable bonds is 4. The summed E-state index contributed by atoms with van der Waals surface area (Å²) in [5.74, 6) is 0.635. The summed E-state index contributed by atoms with van der Waals surface area (Å²) >= 11 is 0. The Morgan fingerprint density at radius 3 is 3.00 bits per heavy atom. The molecule has 0 spiro atoms. The van der Waals surface area contributed by atoms with Crippen LogP contribution in [0, 0.1) is 5.92 Å². The summed E-state index contributed by atoms with van der Waals surface area (Å²) in [4.78, 5) is 11.8. The molecule has 0 saturated carbocycles. The predicted octanol–water partition coefficient (Wildman–Crippen LogP) is 2.61. The second-order valence-corrected chi connectivity index (χ2v) is 4.67. The lowest BCUT2D eigenvalue weighted by Gasteiger charge is -2.09. The highest BCUT2D eigenvalue weighted by molar-refractivity contribution is 5.90. The Morgan fingerprint density at radius 1 is 1.50 bits per heavy atom. The number of nitrogens with one attached hydrogen (secondary N) is 2. The molecule has 0 bridgehead atoms. The second kappa shape index (κ2) is 7.39. The Kier molecular flexibility index (Phi) is 6.16. The van der Waals surface area contributed by atoms with Gasteiger partial charge in [-0.1, -0.05) is 19.1 Å². The van der Waals surface area contributed by atoms with E-state index in [1.807, 2.05) is 18.2 Å². The number of anilines is 1. The normalized spacial score (nSPS) is 18.2. The third-order valence-electron chi connectivity index (χ3n) is 3.26. The van der Waals surface area contributed by atoms with Crippen LogP contribution in [0.15, 0.2) is 24.3 Å². The third-order valence-corrected chi connectivity index (χ3v) is 3.26.